The molecule has 0 spiro atoms. The van der Waals surface area contributed by atoms with Crippen LogP contribution >= 0.6 is 0 Å². The number of rotatable bonds is 8. The van der Waals surface area contributed by atoms with Gasteiger partial charge in [0.05, 0.1) is 12.3 Å². The SMILES string of the molecule is C=C([OH2+])N(C)[C@H](CCC)C(C)O/C=C/CF. The van der Waals surface area contributed by atoms with Gasteiger partial charge in [0, 0.05) is 13.6 Å². The van der Waals surface area contributed by atoms with E-state index in [0.717, 1.165) is 12.8 Å². The maximum Gasteiger partial charge on any atom is 0.325 e. The Hall–Kier alpha value is -1.19. The summed E-state index contributed by atoms with van der Waals surface area (Å²) in [7, 11) is 1.83. The number of allylic oxidation sites excluding steroid dienone is 1. The Morgan fingerprint density at radius 1 is 1.62 bits per heavy atom. The van der Waals surface area contributed by atoms with Crippen LogP contribution < -0.4 is 0 Å². The van der Waals surface area contributed by atoms with E-state index >= 15 is 0 Å². The Labute approximate surface area is 97.2 Å². The van der Waals surface area contributed by atoms with Gasteiger partial charge in [-0.2, -0.15) is 0 Å². The predicted molar refractivity (Wildman–Crippen MR) is 64.9 cm³/mol. The number of halogens is 1. The van der Waals surface area contributed by atoms with E-state index in [9.17, 15) is 4.39 Å². The molecule has 0 bridgehead atoms. The van der Waals surface area contributed by atoms with Crippen LogP contribution in [0.1, 0.15) is 26.7 Å². The zero-order chi connectivity index (χ0) is 12.6. The minimum atomic E-state index is -0.522. The molecule has 0 rings (SSSR count). The first-order valence-electron chi connectivity index (χ1n) is 5.54. The van der Waals surface area contributed by atoms with Crippen LogP contribution in [-0.2, 0) is 4.74 Å². The number of ether oxygens (including phenoxy) is 1. The lowest BCUT2D eigenvalue weighted by molar-refractivity contribution is 0.0492. The van der Waals surface area contributed by atoms with Crippen LogP contribution in [0.25, 0.3) is 0 Å². The molecule has 0 aliphatic rings. The summed E-state index contributed by atoms with van der Waals surface area (Å²) in [6.45, 7) is 7.07. The summed E-state index contributed by atoms with van der Waals surface area (Å²) in [5.74, 6) is 0.267. The van der Waals surface area contributed by atoms with Gasteiger partial charge in [-0.15, -0.1) is 0 Å². The number of hydrogen-bond donors (Lipinski definition) is 0. The van der Waals surface area contributed by atoms with Crippen LogP contribution in [0.5, 0.6) is 0 Å². The van der Waals surface area contributed by atoms with E-state index in [0.29, 0.717) is 0 Å². The van der Waals surface area contributed by atoms with Crippen molar-refractivity contribution in [3.05, 3.63) is 24.8 Å². The van der Waals surface area contributed by atoms with E-state index in [1.54, 1.807) is 4.90 Å². The van der Waals surface area contributed by atoms with Gasteiger partial charge in [0.25, 0.3) is 0 Å². The highest BCUT2D eigenvalue weighted by Gasteiger charge is 2.24. The third kappa shape index (κ3) is 5.05. The van der Waals surface area contributed by atoms with Crippen molar-refractivity contribution in [2.24, 2.45) is 0 Å². The van der Waals surface area contributed by atoms with Crippen LogP contribution in [0.4, 0.5) is 4.39 Å². The van der Waals surface area contributed by atoms with Crippen molar-refractivity contribution in [3.8, 4) is 0 Å². The Morgan fingerprint density at radius 2 is 2.25 bits per heavy atom. The molecule has 0 aromatic rings. The molecule has 0 amide bonds. The van der Waals surface area contributed by atoms with Gasteiger partial charge < -0.3 is 9.84 Å². The second kappa shape index (κ2) is 8.02. The summed E-state index contributed by atoms with van der Waals surface area (Å²) in [6.07, 6.45) is 4.54. The smallest absolute Gasteiger partial charge is 0.325 e. The van der Waals surface area contributed by atoms with Gasteiger partial charge in [0.1, 0.15) is 12.8 Å². The molecular weight excluding hydrogens is 209 g/mol. The third-order valence-electron chi connectivity index (χ3n) is 2.53. The second-order valence-corrected chi connectivity index (χ2v) is 3.78. The molecule has 0 aromatic heterocycles. The lowest BCUT2D eigenvalue weighted by Gasteiger charge is -2.30. The predicted octanol–water partition coefficient (Wildman–Crippen LogP) is 2.17. The van der Waals surface area contributed by atoms with Crippen molar-refractivity contribution in [3.63, 3.8) is 0 Å². The zero-order valence-electron chi connectivity index (χ0n) is 10.4. The highest BCUT2D eigenvalue weighted by molar-refractivity contribution is 4.88. The minimum Gasteiger partial charge on any atom is -0.581 e. The average molecular weight is 232 g/mol. The summed E-state index contributed by atoms with van der Waals surface area (Å²) in [6, 6.07) is 0.0965. The summed E-state index contributed by atoms with van der Waals surface area (Å²) in [5, 5.41) is 7.50. The molecule has 0 saturated carbocycles. The van der Waals surface area contributed by atoms with Gasteiger partial charge in [-0.05, 0) is 19.4 Å². The molecule has 4 heteroatoms. The molecule has 0 saturated heterocycles. The second-order valence-electron chi connectivity index (χ2n) is 3.78. The number of hydrogen-bond acceptors (Lipinski definition) is 2. The third-order valence-corrected chi connectivity index (χ3v) is 2.53. The molecule has 2 N–H and O–H groups in total. The fourth-order valence-corrected chi connectivity index (χ4v) is 1.55. The highest BCUT2D eigenvalue weighted by Crippen LogP contribution is 2.15. The van der Waals surface area contributed by atoms with Gasteiger partial charge in [0.15, 0.2) is 0 Å². The summed E-state index contributed by atoms with van der Waals surface area (Å²) in [5.41, 5.74) is 0. The number of alkyl halides is 1. The van der Waals surface area contributed by atoms with E-state index in [2.05, 4.69) is 13.5 Å². The highest BCUT2D eigenvalue weighted by atomic mass is 19.1. The quantitative estimate of drug-likeness (QED) is 0.475. The normalized spacial score (nSPS) is 14.8. The van der Waals surface area contributed by atoms with Gasteiger partial charge >= 0.3 is 5.88 Å². The maximum atomic E-state index is 11.9. The van der Waals surface area contributed by atoms with Crippen molar-refractivity contribution in [2.45, 2.75) is 38.8 Å². The van der Waals surface area contributed by atoms with Crippen LogP contribution in [0.2, 0.25) is 0 Å². The minimum absolute atomic E-state index is 0.0881. The van der Waals surface area contributed by atoms with E-state index in [1.807, 2.05) is 14.0 Å². The molecule has 0 heterocycles. The van der Waals surface area contributed by atoms with E-state index in [-0.39, 0.29) is 18.0 Å². The molecule has 0 radical (unpaired) electrons. The average Bonchev–Trinajstić information content (AvgIpc) is 2.25. The first-order valence-corrected chi connectivity index (χ1v) is 5.54. The van der Waals surface area contributed by atoms with Crippen LogP contribution in [-0.4, -0.2) is 35.9 Å². The Morgan fingerprint density at radius 3 is 2.69 bits per heavy atom. The Balaban J connectivity index is 4.38. The largest absolute Gasteiger partial charge is 0.581 e. The van der Waals surface area contributed by atoms with E-state index < -0.39 is 6.67 Å². The molecule has 3 nitrogen and oxygen atoms in total. The first kappa shape index (κ1) is 14.8. The van der Waals surface area contributed by atoms with Crippen molar-refractivity contribution >= 4 is 0 Å². The van der Waals surface area contributed by atoms with E-state index in [1.165, 1.54) is 12.3 Å². The lowest BCUT2D eigenvalue weighted by Crippen LogP contribution is -2.39. The fourth-order valence-electron chi connectivity index (χ4n) is 1.55. The zero-order valence-corrected chi connectivity index (χ0v) is 10.4. The Kier molecular flexibility index (Phi) is 7.42. The molecule has 94 valence electrons. The standard InChI is InChI=1S/C12H22FNO2/c1-5-7-12(14(4)11(3)15)10(2)16-9-6-8-13/h6,9-10,12,15H,3,5,7-8H2,1-2,4H3/p+1/b9-6+/t10?,12-/m1/s1. The molecule has 0 aromatic carbocycles. The summed E-state index contributed by atoms with van der Waals surface area (Å²) in [4.78, 5) is 1.79. The fraction of sp³-hybridized carbons (Fsp3) is 0.667. The lowest BCUT2D eigenvalue weighted by atomic mass is 10.1. The van der Waals surface area contributed by atoms with Crippen molar-refractivity contribution < 1.29 is 14.2 Å². The molecular formula is C12H23FNO2+. The van der Waals surface area contributed by atoms with Gasteiger partial charge in [0.2, 0.25) is 0 Å². The molecule has 0 fully saturated rings. The molecule has 2 atom stereocenters. The van der Waals surface area contributed by atoms with Crippen molar-refractivity contribution in [1.82, 2.24) is 4.90 Å². The van der Waals surface area contributed by atoms with Crippen LogP contribution in [0.3, 0.4) is 0 Å². The monoisotopic (exact) mass is 232 g/mol. The van der Waals surface area contributed by atoms with E-state index in [4.69, 9.17) is 9.84 Å². The number of nitrogens with zero attached hydrogens (tertiary/aromatic N) is 1. The molecule has 1 unspecified atom stereocenters. The summed E-state index contributed by atoms with van der Waals surface area (Å²) < 4.78 is 17.2. The van der Waals surface area contributed by atoms with Crippen LogP contribution in [0, 0.1) is 0 Å². The maximum absolute atomic E-state index is 11.9. The molecule has 0 aliphatic heterocycles. The van der Waals surface area contributed by atoms with Gasteiger partial charge in [-0.25, -0.2) is 4.39 Å². The first-order chi connectivity index (χ1) is 7.54. The summed E-state index contributed by atoms with van der Waals surface area (Å²) >= 11 is 0. The molecule has 0 aliphatic carbocycles. The van der Waals surface area contributed by atoms with Gasteiger partial charge in [-0.1, -0.05) is 13.3 Å². The van der Waals surface area contributed by atoms with Gasteiger partial charge in [-0.3, -0.25) is 4.90 Å². The Bertz CT molecular complexity index is 231. The van der Waals surface area contributed by atoms with Crippen LogP contribution in [0.15, 0.2) is 24.8 Å². The number of likely N-dealkylation sites (N-methyl/N-ethyl adjacent to an activating group) is 1. The van der Waals surface area contributed by atoms with Crippen molar-refractivity contribution in [2.75, 3.05) is 13.7 Å². The topological polar surface area (TPSA) is 35.4 Å². The molecule has 16 heavy (non-hydrogen) atoms. The van der Waals surface area contributed by atoms with Crippen molar-refractivity contribution in [1.29, 1.82) is 0 Å².